The third kappa shape index (κ3) is 4.42. The molecule has 1 heterocycles. The van der Waals surface area contributed by atoms with Gasteiger partial charge < -0.3 is 18.8 Å². The van der Waals surface area contributed by atoms with Crippen LogP contribution in [-0.2, 0) is 11.8 Å². The zero-order valence-corrected chi connectivity index (χ0v) is 17.5. The van der Waals surface area contributed by atoms with Crippen LogP contribution in [-0.4, -0.2) is 31.7 Å². The Hall–Kier alpha value is -2.54. The number of nitrogens with zero attached hydrogens (tertiary/aromatic N) is 1. The quantitative estimate of drug-likeness (QED) is 0.776. The number of benzene rings is 1. The Balaban J connectivity index is 2.68. The van der Waals surface area contributed by atoms with Crippen molar-refractivity contribution in [3.05, 3.63) is 37.2 Å². The van der Waals surface area contributed by atoms with E-state index < -0.39 is 5.41 Å². The highest BCUT2D eigenvalue weighted by molar-refractivity contribution is 7.07. The minimum atomic E-state index is -0.503. The maximum absolute atomic E-state index is 12.6. The number of hydrogen-bond donors (Lipinski definition) is 0. The van der Waals surface area contributed by atoms with E-state index in [0.717, 1.165) is 0 Å². The van der Waals surface area contributed by atoms with Crippen LogP contribution in [0.25, 0.3) is 12.2 Å². The van der Waals surface area contributed by atoms with Crippen molar-refractivity contribution in [2.45, 2.75) is 20.8 Å². The molecule has 2 rings (SSSR count). The number of methoxy groups -OCH3 is 3. The molecule has 0 aliphatic carbocycles. The molecule has 1 aromatic carbocycles. The van der Waals surface area contributed by atoms with Gasteiger partial charge in [0.1, 0.15) is 10.4 Å². The summed E-state index contributed by atoms with van der Waals surface area (Å²) < 4.78 is 18.6. The molecule has 0 aliphatic heterocycles. The molecule has 146 valence electrons. The highest BCUT2D eigenvalue weighted by atomic mass is 32.1. The van der Waals surface area contributed by atoms with Gasteiger partial charge in [0.05, 0.1) is 25.9 Å². The van der Waals surface area contributed by atoms with Crippen molar-refractivity contribution in [1.29, 1.82) is 0 Å². The summed E-state index contributed by atoms with van der Waals surface area (Å²) in [6, 6.07) is 3.46. The van der Waals surface area contributed by atoms with E-state index in [2.05, 4.69) is 0 Å². The molecule has 0 radical (unpaired) electrons. The molecule has 6 nitrogen and oxygen atoms in total. The minimum Gasteiger partial charge on any atom is -0.496 e. The van der Waals surface area contributed by atoms with Crippen molar-refractivity contribution in [2.75, 3.05) is 21.3 Å². The molecule has 0 aliphatic rings. The van der Waals surface area contributed by atoms with Gasteiger partial charge in [0.2, 0.25) is 0 Å². The first kappa shape index (κ1) is 20.8. The van der Waals surface area contributed by atoms with Crippen LogP contribution in [0.2, 0.25) is 0 Å². The average Bonchev–Trinajstić information content (AvgIpc) is 2.88. The van der Waals surface area contributed by atoms with E-state index in [4.69, 9.17) is 14.2 Å². The first-order chi connectivity index (χ1) is 12.6. The van der Waals surface area contributed by atoms with Crippen LogP contribution in [0.15, 0.2) is 16.9 Å². The minimum absolute atomic E-state index is 0.0328. The maximum atomic E-state index is 12.6. The number of rotatable bonds is 5. The van der Waals surface area contributed by atoms with Gasteiger partial charge in [-0.25, -0.2) is 0 Å². The van der Waals surface area contributed by atoms with Crippen molar-refractivity contribution < 1.29 is 19.0 Å². The van der Waals surface area contributed by atoms with Gasteiger partial charge in [-0.2, -0.15) is 0 Å². The molecular formula is C20H25NO5S. The van der Waals surface area contributed by atoms with Crippen molar-refractivity contribution >= 4 is 29.3 Å². The van der Waals surface area contributed by atoms with Gasteiger partial charge in [0.15, 0.2) is 17.3 Å². The average molecular weight is 391 g/mol. The number of Topliss-reactive ketones (excluding diaryl/α,β-unsaturated/α-hetero) is 1. The van der Waals surface area contributed by atoms with Gasteiger partial charge in [0, 0.05) is 30.2 Å². The number of aromatic nitrogens is 1. The van der Waals surface area contributed by atoms with E-state index in [-0.39, 0.29) is 11.3 Å². The Bertz CT molecular complexity index is 1020. The molecular weight excluding hydrogens is 366 g/mol. The summed E-state index contributed by atoms with van der Waals surface area (Å²) in [5, 5.41) is 0. The molecule has 0 fully saturated rings. The van der Waals surface area contributed by atoms with E-state index in [9.17, 15) is 9.59 Å². The van der Waals surface area contributed by atoms with Crippen molar-refractivity contribution in [3.63, 3.8) is 0 Å². The van der Waals surface area contributed by atoms with Gasteiger partial charge in [-0.15, -0.1) is 11.3 Å². The normalized spacial score (nSPS) is 13.0. The maximum Gasteiger partial charge on any atom is 0.268 e. The van der Waals surface area contributed by atoms with E-state index >= 15 is 0 Å². The Morgan fingerprint density at radius 1 is 1.04 bits per heavy atom. The second kappa shape index (κ2) is 8.00. The summed E-state index contributed by atoms with van der Waals surface area (Å²) in [5.41, 5.74) is 0.00355. The highest BCUT2D eigenvalue weighted by Crippen LogP contribution is 2.34. The molecule has 27 heavy (non-hydrogen) atoms. The Labute approximate surface area is 162 Å². The predicted molar refractivity (Wildman–Crippen MR) is 107 cm³/mol. The molecule has 0 N–H and O–H groups in total. The number of thiazole rings is 1. The fourth-order valence-corrected chi connectivity index (χ4v) is 3.36. The largest absolute Gasteiger partial charge is 0.496 e. The van der Waals surface area contributed by atoms with Crippen molar-refractivity contribution in [2.24, 2.45) is 12.5 Å². The van der Waals surface area contributed by atoms with Crippen LogP contribution in [0, 0.1) is 5.41 Å². The lowest BCUT2D eigenvalue weighted by Gasteiger charge is -2.12. The van der Waals surface area contributed by atoms with Gasteiger partial charge in [-0.3, -0.25) is 9.59 Å². The van der Waals surface area contributed by atoms with Crippen LogP contribution < -0.4 is 29.0 Å². The molecule has 0 atom stereocenters. The summed E-state index contributed by atoms with van der Waals surface area (Å²) >= 11 is 1.26. The van der Waals surface area contributed by atoms with E-state index in [0.29, 0.717) is 32.0 Å². The number of ether oxygens (including phenoxy) is 3. The van der Waals surface area contributed by atoms with Gasteiger partial charge in [0.25, 0.3) is 5.56 Å². The number of hydrogen-bond acceptors (Lipinski definition) is 6. The number of ketones is 1. The molecule has 1 aromatic heterocycles. The van der Waals surface area contributed by atoms with Gasteiger partial charge in [-0.1, -0.05) is 20.8 Å². The molecule has 7 heteroatoms. The van der Waals surface area contributed by atoms with Crippen LogP contribution in [0.5, 0.6) is 17.2 Å². The second-order valence-electron chi connectivity index (χ2n) is 7.02. The Morgan fingerprint density at radius 3 is 2.11 bits per heavy atom. The summed E-state index contributed by atoms with van der Waals surface area (Å²) in [7, 11) is 6.30. The zero-order chi connectivity index (χ0) is 20.4. The lowest BCUT2D eigenvalue weighted by molar-refractivity contribution is -0.120. The lowest BCUT2D eigenvalue weighted by Crippen LogP contribution is -2.30. The van der Waals surface area contributed by atoms with Crippen LogP contribution >= 0.6 is 11.3 Å². The van der Waals surface area contributed by atoms with Crippen LogP contribution in [0.3, 0.4) is 0 Å². The first-order valence-corrected chi connectivity index (χ1v) is 9.17. The SMILES string of the molecule is COc1cc(OC)c(OC)cc1/C=c1\s/c(=C\C(=O)C(C)(C)C)n(C)c1=O. The smallest absolute Gasteiger partial charge is 0.268 e. The lowest BCUT2D eigenvalue weighted by atomic mass is 9.91. The summed E-state index contributed by atoms with van der Waals surface area (Å²) in [4.78, 5) is 24.9. The van der Waals surface area contributed by atoms with Gasteiger partial charge >= 0.3 is 0 Å². The van der Waals surface area contributed by atoms with Gasteiger partial charge in [-0.05, 0) is 12.1 Å². The Kier molecular flexibility index (Phi) is 6.15. The number of carbonyl (C=O) groups excluding carboxylic acids is 1. The third-order valence-electron chi connectivity index (χ3n) is 4.08. The second-order valence-corrected chi connectivity index (χ2v) is 8.08. The van der Waals surface area contributed by atoms with E-state index in [1.807, 2.05) is 20.8 Å². The monoisotopic (exact) mass is 391 g/mol. The topological polar surface area (TPSA) is 66.8 Å². The van der Waals surface area contributed by atoms with Crippen LogP contribution in [0.1, 0.15) is 26.3 Å². The third-order valence-corrected chi connectivity index (χ3v) is 5.19. The molecule has 2 aromatic rings. The molecule has 0 unspecified atom stereocenters. The molecule has 0 saturated carbocycles. The first-order valence-electron chi connectivity index (χ1n) is 8.36. The molecule has 0 bridgehead atoms. The molecule has 0 amide bonds. The molecule has 0 saturated heterocycles. The number of carbonyl (C=O) groups is 1. The van der Waals surface area contributed by atoms with E-state index in [1.54, 1.807) is 46.6 Å². The summed E-state index contributed by atoms with van der Waals surface area (Å²) in [5.74, 6) is 1.59. The fourth-order valence-electron chi connectivity index (χ4n) is 2.34. The van der Waals surface area contributed by atoms with Crippen molar-refractivity contribution in [1.82, 2.24) is 4.57 Å². The molecule has 0 spiro atoms. The van der Waals surface area contributed by atoms with Crippen LogP contribution in [0.4, 0.5) is 0 Å². The highest BCUT2D eigenvalue weighted by Gasteiger charge is 2.19. The van der Waals surface area contributed by atoms with E-state index in [1.165, 1.54) is 22.0 Å². The predicted octanol–water partition coefficient (Wildman–Crippen LogP) is 1.70. The van der Waals surface area contributed by atoms with Crippen molar-refractivity contribution in [3.8, 4) is 17.2 Å². The zero-order valence-electron chi connectivity index (χ0n) is 16.7. The summed E-state index contributed by atoms with van der Waals surface area (Å²) in [6.45, 7) is 5.54. The summed E-state index contributed by atoms with van der Waals surface area (Å²) in [6.07, 6.45) is 3.25. The Morgan fingerprint density at radius 2 is 1.59 bits per heavy atom. The standard InChI is InChI=1S/C20H25NO5S/c1-20(2,3)17(22)11-18-21(4)19(23)16(27-18)9-12-8-14(25-6)15(26-7)10-13(12)24-5/h8-11H,1-7H3/b16-9-,18-11-. The fraction of sp³-hybridized carbons (Fsp3) is 0.400.